The third-order valence-corrected chi connectivity index (χ3v) is 3.06. The number of pyridine rings is 1. The Balaban J connectivity index is 2.07. The lowest BCUT2D eigenvalue weighted by atomic mass is 10.4. The minimum absolute atomic E-state index is 0.599. The quantitative estimate of drug-likeness (QED) is 0.771. The highest BCUT2D eigenvalue weighted by molar-refractivity contribution is 7.13. The summed E-state index contributed by atoms with van der Waals surface area (Å²) in [6.45, 7) is 2.53. The molecule has 0 aromatic carbocycles. The minimum atomic E-state index is 0.599. The molecule has 0 saturated heterocycles. The SMILES string of the molecule is CCOc1ccc2[nH]c(-c3cncs3)nc2n1. The molecule has 6 heteroatoms. The van der Waals surface area contributed by atoms with Crippen LogP contribution in [0.15, 0.2) is 23.8 Å². The molecule has 86 valence electrons. The second kappa shape index (κ2) is 4.14. The largest absolute Gasteiger partial charge is 0.478 e. The van der Waals surface area contributed by atoms with E-state index >= 15 is 0 Å². The Kier molecular flexibility index (Phi) is 2.49. The summed E-state index contributed by atoms with van der Waals surface area (Å²) in [4.78, 5) is 17.0. The van der Waals surface area contributed by atoms with Crippen LogP contribution in [-0.2, 0) is 0 Å². The second-order valence-electron chi connectivity index (χ2n) is 3.40. The highest BCUT2D eigenvalue weighted by atomic mass is 32.1. The Morgan fingerprint density at radius 3 is 3.06 bits per heavy atom. The average molecular weight is 246 g/mol. The summed E-state index contributed by atoms with van der Waals surface area (Å²) in [7, 11) is 0. The molecule has 0 spiro atoms. The molecule has 1 N–H and O–H groups in total. The monoisotopic (exact) mass is 246 g/mol. The van der Waals surface area contributed by atoms with Gasteiger partial charge in [-0.1, -0.05) is 0 Å². The van der Waals surface area contributed by atoms with E-state index in [-0.39, 0.29) is 0 Å². The first-order valence-corrected chi connectivity index (χ1v) is 6.13. The van der Waals surface area contributed by atoms with E-state index in [4.69, 9.17) is 4.74 Å². The first-order valence-electron chi connectivity index (χ1n) is 5.25. The van der Waals surface area contributed by atoms with Crippen molar-refractivity contribution in [2.45, 2.75) is 6.92 Å². The van der Waals surface area contributed by atoms with Crippen molar-refractivity contribution in [3.63, 3.8) is 0 Å². The number of rotatable bonds is 3. The topological polar surface area (TPSA) is 63.7 Å². The van der Waals surface area contributed by atoms with E-state index in [0.717, 1.165) is 16.2 Å². The van der Waals surface area contributed by atoms with Crippen LogP contribution in [0.1, 0.15) is 6.92 Å². The van der Waals surface area contributed by atoms with Crippen molar-refractivity contribution in [1.29, 1.82) is 0 Å². The summed E-state index contributed by atoms with van der Waals surface area (Å²) >= 11 is 1.54. The first kappa shape index (κ1) is 10.2. The summed E-state index contributed by atoms with van der Waals surface area (Å²) in [6, 6.07) is 3.76. The molecule has 0 aliphatic rings. The van der Waals surface area contributed by atoms with E-state index < -0.39 is 0 Å². The Hall–Kier alpha value is -1.95. The van der Waals surface area contributed by atoms with E-state index in [9.17, 15) is 0 Å². The molecule has 3 aromatic heterocycles. The molecule has 0 bridgehead atoms. The van der Waals surface area contributed by atoms with Crippen molar-refractivity contribution in [2.24, 2.45) is 0 Å². The van der Waals surface area contributed by atoms with Gasteiger partial charge in [-0.25, -0.2) is 4.98 Å². The molecule has 17 heavy (non-hydrogen) atoms. The number of fused-ring (bicyclic) bond motifs is 1. The number of aromatic amines is 1. The molecule has 0 atom stereocenters. The number of nitrogens with one attached hydrogen (secondary N) is 1. The molecular formula is C11H10N4OS. The summed E-state index contributed by atoms with van der Waals surface area (Å²) in [5, 5.41) is 0. The number of H-pyrrole nitrogens is 1. The third-order valence-electron chi connectivity index (χ3n) is 2.28. The van der Waals surface area contributed by atoms with Crippen molar-refractivity contribution < 1.29 is 4.74 Å². The Morgan fingerprint density at radius 1 is 1.35 bits per heavy atom. The van der Waals surface area contributed by atoms with Crippen LogP contribution in [0.5, 0.6) is 5.88 Å². The predicted molar refractivity (Wildman–Crippen MR) is 66.2 cm³/mol. The third kappa shape index (κ3) is 1.87. The van der Waals surface area contributed by atoms with E-state index in [1.807, 2.05) is 19.1 Å². The highest BCUT2D eigenvalue weighted by Gasteiger charge is 2.08. The van der Waals surface area contributed by atoms with Crippen LogP contribution < -0.4 is 4.74 Å². The van der Waals surface area contributed by atoms with Gasteiger partial charge in [0.15, 0.2) is 11.5 Å². The van der Waals surface area contributed by atoms with Crippen LogP contribution in [0.3, 0.4) is 0 Å². The average Bonchev–Trinajstić information content (AvgIpc) is 2.97. The van der Waals surface area contributed by atoms with Crippen molar-refractivity contribution in [3.05, 3.63) is 23.8 Å². The summed E-state index contributed by atoms with van der Waals surface area (Å²) in [6.07, 6.45) is 1.78. The first-order chi connectivity index (χ1) is 8.36. The van der Waals surface area contributed by atoms with Crippen LogP contribution in [0.2, 0.25) is 0 Å². The fraction of sp³-hybridized carbons (Fsp3) is 0.182. The van der Waals surface area contributed by atoms with Gasteiger partial charge >= 0.3 is 0 Å². The van der Waals surface area contributed by atoms with Crippen molar-refractivity contribution in [1.82, 2.24) is 19.9 Å². The lowest BCUT2D eigenvalue weighted by molar-refractivity contribution is 0.328. The fourth-order valence-electron chi connectivity index (χ4n) is 1.55. The molecule has 0 unspecified atom stereocenters. The second-order valence-corrected chi connectivity index (χ2v) is 4.29. The molecule has 0 fully saturated rings. The van der Waals surface area contributed by atoms with Gasteiger partial charge in [0.1, 0.15) is 0 Å². The van der Waals surface area contributed by atoms with E-state index in [2.05, 4.69) is 19.9 Å². The lowest BCUT2D eigenvalue weighted by Gasteiger charge is -1.99. The summed E-state index contributed by atoms with van der Waals surface area (Å²) < 4.78 is 5.34. The van der Waals surface area contributed by atoms with E-state index in [1.165, 1.54) is 0 Å². The maximum Gasteiger partial charge on any atom is 0.215 e. The number of imidazole rings is 1. The zero-order valence-electron chi connectivity index (χ0n) is 9.17. The number of nitrogens with zero attached hydrogens (tertiary/aromatic N) is 3. The minimum Gasteiger partial charge on any atom is -0.478 e. The van der Waals surface area contributed by atoms with Crippen molar-refractivity contribution in [3.8, 4) is 16.6 Å². The Labute approximate surface area is 102 Å². The Bertz CT molecular complexity index is 632. The fourth-order valence-corrected chi connectivity index (χ4v) is 2.12. The van der Waals surface area contributed by atoms with Crippen LogP contribution in [0.25, 0.3) is 21.9 Å². The maximum absolute atomic E-state index is 5.34. The molecule has 3 rings (SSSR count). The number of aromatic nitrogens is 4. The van der Waals surface area contributed by atoms with Crippen LogP contribution in [0, 0.1) is 0 Å². The molecule has 0 aliphatic carbocycles. The zero-order valence-corrected chi connectivity index (χ0v) is 9.99. The summed E-state index contributed by atoms with van der Waals surface area (Å²) in [5.74, 6) is 1.39. The normalized spacial score (nSPS) is 10.9. The zero-order chi connectivity index (χ0) is 11.7. The number of hydrogen-bond donors (Lipinski definition) is 1. The molecule has 0 aliphatic heterocycles. The van der Waals surface area contributed by atoms with Crippen LogP contribution >= 0.6 is 11.3 Å². The van der Waals surface area contributed by atoms with Gasteiger partial charge in [0.2, 0.25) is 5.88 Å². The van der Waals surface area contributed by atoms with Gasteiger partial charge in [-0.3, -0.25) is 4.98 Å². The molecule has 0 radical (unpaired) electrons. The molecule has 3 heterocycles. The van der Waals surface area contributed by atoms with E-state index in [0.29, 0.717) is 18.1 Å². The molecule has 5 nitrogen and oxygen atoms in total. The molecule has 3 aromatic rings. The van der Waals surface area contributed by atoms with Gasteiger partial charge in [-0.15, -0.1) is 11.3 Å². The highest BCUT2D eigenvalue weighted by Crippen LogP contribution is 2.23. The van der Waals surface area contributed by atoms with Crippen molar-refractivity contribution in [2.75, 3.05) is 6.61 Å². The smallest absolute Gasteiger partial charge is 0.215 e. The number of hydrogen-bond acceptors (Lipinski definition) is 5. The van der Waals surface area contributed by atoms with Gasteiger partial charge in [-0.2, -0.15) is 4.98 Å². The summed E-state index contributed by atoms with van der Waals surface area (Å²) in [5.41, 5.74) is 3.35. The van der Waals surface area contributed by atoms with Gasteiger partial charge in [0.25, 0.3) is 0 Å². The number of thiazole rings is 1. The number of ether oxygens (including phenoxy) is 1. The predicted octanol–water partition coefficient (Wildman–Crippen LogP) is 2.48. The molecular weight excluding hydrogens is 236 g/mol. The van der Waals surface area contributed by atoms with Crippen LogP contribution in [-0.4, -0.2) is 26.5 Å². The van der Waals surface area contributed by atoms with Gasteiger partial charge in [-0.05, 0) is 13.0 Å². The standard InChI is InChI=1S/C11H10N4OS/c1-2-16-9-4-3-7-10(14-9)15-11(13-7)8-5-12-6-17-8/h3-6H,2H2,1H3,(H,13,14,15). The van der Waals surface area contributed by atoms with Crippen molar-refractivity contribution >= 4 is 22.5 Å². The molecule has 0 amide bonds. The Morgan fingerprint density at radius 2 is 2.29 bits per heavy atom. The van der Waals surface area contributed by atoms with Crippen LogP contribution in [0.4, 0.5) is 0 Å². The van der Waals surface area contributed by atoms with Gasteiger partial charge < -0.3 is 9.72 Å². The molecule has 0 saturated carbocycles. The van der Waals surface area contributed by atoms with Gasteiger partial charge in [0.05, 0.1) is 22.5 Å². The van der Waals surface area contributed by atoms with E-state index in [1.54, 1.807) is 23.0 Å². The van der Waals surface area contributed by atoms with Gasteiger partial charge in [0, 0.05) is 12.3 Å². The maximum atomic E-state index is 5.34. The lowest BCUT2D eigenvalue weighted by Crippen LogP contribution is -1.93.